The van der Waals surface area contributed by atoms with Crippen molar-refractivity contribution in [2.45, 2.75) is 24.9 Å². The Hall–Kier alpha value is -2.38. The van der Waals surface area contributed by atoms with E-state index >= 15 is 0 Å². The minimum Gasteiger partial charge on any atom is -0.396 e. The Morgan fingerprint density at radius 2 is 2.38 bits per heavy atom. The lowest BCUT2D eigenvalue weighted by Crippen LogP contribution is -2.20. The highest BCUT2D eigenvalue weighted by atomic mass is 16.3. The van der Waals surface area contributed by atoms with E-state index in [1.54, 1.807) is 6.33 Å². The molecule has 2 aliphatic rings. The summed E-state index contributed by atoms with van der Waals surface area (Å²) in [7, 11) is 0. The highest BCUT2D eigenvalue weighted by Gasteiger charge is 2.67. The van der Waals surface area contributed by atoms with Crippen molar-refractivity contribution >= 4 is 17.0 Å². The molecule has 2 saturated carbocycles. The Kier molecular flexibility index (Phi) is 2.39. The number of nitrogens with zero attached hydrogens (tertiary/aromatic N) is 7. The van der Waals surface area contributed by atoms with Crippen LogP contribution in [0.2, 0.25) is 0 Å². The number of aromatic nitrogens is 4. The van der Waals surface area contributed by atoms with E-state index in [2.05, 4.69) is 25.0 Å². The van der Waals surface area contributed by atoms with Gasteiger partial charge in [-0.25, -0.2) is 15.0 Å². The van der Waals surface area contributed by atoms with E-state index in [4.69, 9.17) is 11.3 Å². The quantitative estimate of drug-likeness (QED) is 0.493. The monoisotopic (exact) mass is 286 g/mol. The largest absolute Gasteiger partial charge is 0.396 e. The van der Waals surface area contributed by atoms with Crippen LogP contribution in [0.1, 0.15) is 18.9 Å². The maximum atomic E-state index is 9.68. The van der Waals surface area contributed by atoms with E-state index in [0.29, 0.717) is 23.4 Å². The van der Waals surface area contributed by atoms with E-state index < -0.39 is 0 Å². The normalized spacial score (nSPS) is 33.7. The average molecular weight is 286 g/mol. The molecule has 0 radical (unpaired) electrons. The molecule has 2 aromatic heterocycles. The van der Waals surface area contributed by atoms with Crippen LogP contribution in [-0.4, -0.2) is 37.3 Å². The van der Waals surface area contributed by atoms with Gasteiger partial charge in [0.15, 0.2) is 11.5 Å². The molecule has 9 heteroatoms. The predicted molar refractivity (Wildman–Crippen MR) is 73.9 cm³/mol. The molecule has 0 spiro atoms. The second-order valence-corrected chi connectivity index (χ2v) is 5.81. The number of imidazole rings is 1. The van der Waals surface area contributed by atoms with Crippen LogP contribution in [0.4, 0.5) is 5.82 Å². The average Bonchev–Trinajstić information content (AvgIpc) is 2.94. The number of aliphatic hydroxyl groups excluding tert-OH is 1. The zero-order valence-electron chi connectivity index (χ0n) is 11.2. The second-order valence-electron chi connectivity index (χ2n) is 5.81. The van der Waals surface area contributed by atoms with Crippen molar-refractivity contribution in [1.82, 2.24) is 19.5 Å². The van der Waals surface area contributed by atoms with Gasteiger partial charge in [0.2, 0.25) is 0 Å². The molecule has 2 aliphatic carbocycles. The molecule has 2 heterocycles. The van der Waals surface area contributed by atoms with Gasteiger partial charge in [-0.1, -0.05) is 5.11 Å². The van der Waals surface area contributed by atoms with Gasteiger partial charge in [-0.05, 0) is 24.3 Å². The minimum atomic E-state index is -0.272. The van der Waals surface area contributed by atoms with Crippen LogP contribution < -0.4 is 5.73 Å². The van der Waals surface area contributed by atoms with E-state index in [1.165, 1.54) is 6.33 Å². The lowest BCUT2D eigenvalue weighted by atomic mass is 10.00. The molecule has 0 aromatic carbocycles. The second kappa shape index (κ2) is 4.06. The Balaban J connectivity index is 1.78. The molecule has 3 N–H and O–H groups in total. The SMILES string of the molecule is [N-]=[N+]=N[C@H]1C[C@H](n2cnc3c(N)ncnc32)[C@H]2C[C@@]12CO. The maximum Gasteiger partial charge on any atom is 0.165 e. The molecule has 0 saturated heterocycles. The van der Waals surface area contributed by atoms with Crippen LogP contribution >= 0.6 is 0 Å². The van der Waals surface area contributed by atoms with Crippen LogP contribution in [-0.2, 0) is 0 Å². The van der Waals surface area contributed by atoms with Gasteiger partial charge in [0.1, 0.15) is 11.8 Å². The molecule has 0 unspecified atom stereocenters. The lowest BCUT2D eigenvalue weighted by molar-refractivity contribution is 0.191. The van der Waals surface area contributed by atoms with Crippen molar-refractivity contribution in [3.63, 3.8) is 0 Å². The first-order chi connectivity index (χ1) is 10.2. The number of azide groups is 1. The third-order valence-electron chi connectivity index (χ3n) is 5.00. The highest BCUT2D eigenvalue weighted by molar-refractivity contribution is 5.81. The molecule has 0 bridgehead atoms. The first-order valence-electron chi connectivity index (χ1n) is 6.79. The first-order valence-corrected chi connectivity index (χ1v) is 6.79. The van der Waals surface area contributed by atoms with Gasteiger partial charge in [-0.2, -0.15) is 0 Å². The topological polar surface area (TPSA) is 139 Å². The third-order valence-corrected chi connectivity index (χ3v) is 5.00. The van der Waals surface area contributed by atoms with Gasteiger partial charge in [0.05, 0.1) is 6.33 Å². The third kappa shape index (κ3) is 1.50. The van der Waals surface area contributed by atoms with Gasteiger partial charge in [0.25, 0.3) is 0 Å². The Morgan fingerprint density at radius 1 is 1.52 bits per heavy atom. The van der Waals surface area contributed by atoms with Crippen molar-refractivity contribution in [3.05, 3.63) is 23.1 Å². The highest BCUT2D eigenvalue weighted by Crippen LogP contribution is 2.68. The molecule has 0 amide bonds. The van der Waals surface area contributed by atoms with E-state index in [-0.39, 0.29) is 30.0 Å². The number of nitrogens with two attached hydrogens (primary N) is 1. The van der Waals surface area contributed by atoms with Crippen molar-refractivity contribution in [2.75, 3.05) is 12.3 Å². The molecule has 0 aliphatic heterocycles. The number of hydrogen-bond donors (Lipinski definition) is 2. The summed E-state index contributed by atoms with van der Waals surface area (Å²) in [5, 5.41) is 13.6. The number of rotatable bonds is 3. The minimum absolute atomic E-state index is 0.0433. The molecule has 2 fully saturated rings. The van der Waals surface area contributed by atoms with Crippen LogP contribution in [0.25, 0.3) is 21.6 Å². The maximum absolute atomic E-state index is 9.68. The molecule has 9 nitrogen and oxygen atoms in total. The molecule has 4 rings (SSSR count). The van der Waals surface area contributed by atoms with Crippen LogP contribution in [0.3, 0.4) is 0 Å². The summed E-state index contributed by atoms with van der Waals surface area (Å²) in [4.78, 5) is 15.4. The van der Waals surface area contributed by atoms with E-state index in [9.17, 15) is 5.11 Å². The van der Waals surface area contributed by atoms with Gasteiger partial charge in [-0.15, -0.1) is 0 Å². The zero-order valence-corrected chi connectivity index (χ0v) is 11.2. The summed E-state index contributed by atoms with van der Waals surface area (Å²) in [5.41, 5.74) is 15.5. The van der Waals surface area contributed by atoms with Crippen molar-refractivity contribution in [2.24, 2.45) is 16.4 Å². The van der Waals surface area contributed by atoms with Gasteiger partial charge in [-0.3, -0.25) is 0 Å². The van der Waals surface area contributed by atoms with Crippen LogP contribution in [0, 0.1) is 11.3 Å². The summed E-state index contributed by atoms with van der Waals surface area (Å²) < 4.78 is 1.97. The number of fused-ring (bicyclic) bond motifs is 2. The van der Waals surface area contributed by atoms with E-state index in [0.717, 1.165) is 6.42 Å². The molecular weight excluding hydrogens is 272 g/mol. The number of nitrogen functional groups attached to an aromatic ring is 1. The first kappa shape index (κ1) is 12.4. The zero-order chi connectivity index (χ0) is 14.6. The van der Waals surface area contributed by atoms with Crippen molar-refractivity contribution in [1.29, 1.82) is 0 Å². The number of aliphatic hydroxyl groups is 1. The fraction of sp³-hybridized carbons (Fsp3) is 0.583. The summed E-state index contributed by atoms with van der Waals surface area (Å²) in [6, 6.07) is -0.0638. The number of anilines is 1. The van der Waals surface area contributed by atoms with Crippen LogP contribution in [0.15, 0.2) is 17.8 Å². The Labute approximate surface area is 119 Å². The van der Waals surface area contributed by atoms with Crippen LogP contribution in [0.5, 0.6) is 0 Å². The van der Waals surface area contributed by atoms with Crippen molar-refractivity contribution < 1.29 is 5.11 Å². The number of hydrogen-bond acceptors (Lipinski definition) is 6. The molecule has 2 aromatic rings. The van der Waals surface area contributed by atoms with Gasteiger partial charge in [0, 0.05) is 29.0 Å². The molecule has 108 valence electrons. The van der Waals surface area contributed by atoms with Gasteiger partial charge < -0.3 is 15.4 Å². The summed E-state index contributed by atoms with van der Waals surface area (Å²) in [6.45, 7) is 0.0433. The molecule has 21 heavy (non-hydrogen) atoms. The molecular formula is C12H14N8O. The Morgan fingerprint density at radius 3 is 3.14 bits per heavy atom. The summed E-state index contributed by atoms with van der Waals surface area (Å²) in [6.07, 6.45) is 4.67. The summed E-state index contributed by atoms with van der Waals surface area (Å²) >= 11 is 0. The van der Waals surface area contributed by atoms with Gasteiger partial charge >= 0.3 is 0 Å². The standard InChI is InChI=1S/C12H14N8O/c13-10-9-11(16-4-15-10)20(5-17-9)7-1-8(18-19-14)12(3-21)2-6(7)12/h4-8,21H,1-3H2,(H2,13,15,16)/t6-,7+,8+,12+/m1/s1. The summed E-state index contributed by atoms with van der Waals surface area (Å²) in [5.74, 6) is 0.638. The lowest BCUT2D eigenvalue weighted by Gasteiger charge is -2.16. The van der Waals surface area contributed by atoms with E-state index in [1.807, 2.05) is 4.57 Å². The molecule has 4 atom stereocenters. The fourth-order valence-electron chi connectivity index (χ4n) is 3.81. The van der Waals surface area contributed by atoms with Crippen molar-refractivity contribution in [3.8, 4) is 0 Å². The predicted octanol–water partition coefficient (Wildman–Crippen LogP) is 1.03. The fourth-order valence-corrected chi connectivity index (χ4v) is 3.81. The smallest absolute Gasteiger partial charge is 0.165 e. The Bertz CT molecular complexity index is 766.